The molecule has 8 heteroatoms. The molecule has 0 spiro atoms. The fourth-order valence-corrected chi connectivity index (χ4v) is 1.47. The van der Waals surface area contributed by atoms with Crippen molar-refractivity contribution in [2.24, 2.45) is 0 Å². The van der Waals surface area contributed by atoms with E-state index in [-0.39, 0.29) is 12.4 Å². The molecule has 0 saturated carbocycles. The Hall–Kier alpha value is -2.02. The Balaban J connectivity index is 2.30. The smallest absolute Gasteiger partial charge is 0.409 e. The van der Waals surface area contributed by atoms with Gasteiger partial charge >= 0.3 is 11.7 Å². The van der Waals surface area contributed by atoms with E-state index in [1.165, 1.54) is 18.2 Å². The summed E-state index contributed by atoms with van der Waals surface area (Å²) >= 11 is 4.96. The van der Waals surface area contributed by atoms with Crippen molar-refractivity contribution in [3.63, 3.8) is 0 Å². The van der Waals surface area contributed by atoms with Crippen LogP contribution in [0.15, 0.2) is 18.2 Å². The second-order valence-corrected chi connectivity index (χ2v) is 3.41. The zero-order chi connectivity index (χ0) is 12.4. The van der Waals surface area contributed by atoms with Crippen LogP contribution in [0.3, 0.4) is 0 Å². The molecule has 1 unspecified atom stereocenters. The van der Waals surface area contributed by atoms with Crippen LogP contribution in [0.2, 0.25) is 0 Å². The highest BCUT2D eigenvalue weighted by Crippen LogP contribution is 2.35. The highest BCUT2D eigenvalue weighted by molar-refractivity contribution is 6.61. The number of nitro groups is 1. The van der Waals surface area contributed by atoms with Crippen LogP contribution in [0.4, 0.5) is 4.79 Å². The van der Waals surface area contributed by atoms with E-state index >= 15 is 0 Å². The maximum Gasteiger partial charge on any atom is 0.409 e. The van der Waals surface area contributed by atoms with Crippen molar-refractivity contribution in [1.82, 2.24) is 0 Å². The molecule has 0 saturated heterocycles. The Bertz CT molecular complexity index is 477. The lowest BCUT2D eigenvalue weighted by atomic mass is 10.2. The van der Waals surface area contributed by atoms with Crippen LogP contribution in [-0.4, -0.2) is 17.1 Å². The molecule has 1 heterocycles. The molecule has 0 fully saturated rings. The predicted octanol–water partition coefficient (Wildman–Crippen LogP) is 2.07. The Kier molecular flexibility index (Phi) is 3.01. The van der Waals surface area contributed by atoms with Crippen molar-refractivity contribution in [3.05, 3.63) is 33.9 Å². The lowest BCUT2D eigenvalue weighted by Gasteiger charge is -2.08. The summed E-state index contributed by atoms with van der Waals surface area (Å²) in [5.74, 6) is 0.841. The average Bonchev–Trinajstić information content (AvgIpc) is 2.72. The quantitative estimate of drug-likeness (QED) is 0.357. The molecular formula is C9H6ClNO6. The van der Waals surface area contributed by atoms with Gasteiger partial charge in [0.15, 0.2) is 11.5 Å². The number of nitrogens with zero attached hydrogens (tertiary/aromatic N) is 1. The normalized spacial score (nSPS) is 14.2. The molecule has 0 aromatic heterocycles. The second-order valence-electron chi connectivity index (χ2n) is 3.11. The highest BCUT2D eigenvalue weighted by Gasteiger charge is 2.28. The summed E-state index contributed by atoms with van der Waals surface area (Å²) in [7, 11) is 0. The van der Waals surface area contributed by atoms with Crippen molar-refractivity contribution in [3.8, 4) is 11.5 Å². The lowest BCUT2D eigenvalue weighted by Crippen LogP contribution is -2.15. The van der Waals surface area contributed by atoms with Gasteiger partial charge in [0.2, 0.25) is 6.79 Å². The molecule has 1 aromatic carbocycles. The van der Waals surface area contributed by atoms with E-state index in [1.807, 2.05) is 0 Å². The van der Waals surface area contributed by atoms with Crippen LogP contribution in [0, 0.1) is 10.1 Å². The monoisotopic (exact) mass is 259 g/mol. The van der Waals surface area contributed by atoms with Gasteiger partial charge in [-0.15, -0.1) is 0 Å². The third-order valence-electron chi connectivity index (χ3n) is 2.08. The second kappa shape index (κ2) is 4.46. The number of hydrogen-bond donors (Lipinski definition) is 0. The first kappa shape index (κ1) is 11.5. The summed E-state index contributed by atoms with van der Waals surface area (Å²) < 4.78 is 14.5. The van der Waals surface area contributed by atoms with Gasteiger partial charge in [0, 0.05) is 11.6 Å². The highest BCUT2D eigenvalue weighted by atomic mass is 35.5. The minimum atomic E-state index is -1.66. The topological polar surface area (TPSA) is 87.9 Å². The fourth-order valence-electron chi connectivity index (χ4n) is 1.39. The van der Waals surface area contributed by atoms with Crippen LogP contribution in [0.5, 0.6) is 11.5 Å². The van der Waals surface area contributed by atoms with Gasteiger partial charge in [0.05, 0.1) is 10.5 Å². The Morgan fingerprint density at radius 3 is 2.82 bits per heavy atom. The van der Waals surface area contributed by atoms with Crippen molar-refractivity contribution in [2.75, 3.05) is 6.79 Å². The standard InChI is InChI=1S/C9H6ClNO6/c10-9(12)17-8(11(13)14)5-1-2-6-7(3-5)16-4-15-6/h1-3,8H,4H2. The minimum Gasteiger partial charge on any atom is -0.454 e. The van der Waals surface area contributed by atoms with Gasteiger partial charge in [-0.3, -0.25) is 10.1 Å². The lowest BCUT2D eigenvalue weighted by molar-refractivity contribution is -0.574. The number of fused-ring (bicyclic) bond motifs is 1. The van der Waals surface area contributed by atoms with Crippen LogP contribution in [0.1, 0.15) is 11.8 Å². The Morgan fingerprint density at radius 2 is 2.18 bits per heavy atom. The van der Waals surface area contributed by atoms with Crippen molar-refractivity contribution < 1.29 is 23.9 Å². The molecule has 1 aliphatic rings. The van der Waals surface area contributed by atoms with Gasteiger partial charge in [0.1, 0.15) is 0 Å². The number of carbonyl (C=O) groups is 1. The third-order valence-corrected chi connectivity index (χ3v) is 2.17. The number of rotatable bonds is 3. The first-order valence-electron chi connectivity index (χ1n) is 4.47. The van der Waals surface area contributed by atoms with E-state index in [0.717, 1.165) is 0 Å². The van der Waals surface area contributed by atoms with Crippen LogP contribution in [-0.2, 0) is 4.74 Å². The number of benzene rings is 1. The molecule has 0 N–H and O–H groups in total. The number of hydrogen-bond acceptors (Lipinski definition) is 6. The predicted molar refractivity (Wildman–Crippen MR) is 54.6 cm³/mol. The third kappa shape index (κ3) is 2.39. The molecule has 1 aliphatic heterocycles. The summed E-state index contributed by atoms with van der Waals surface area (Å²) in [6, 6.07) is 4.27. The molecule has 0 aliphatic carbocycles. The van der Waals surface area contributed by atoms with E-state index in [0.29, 0.717) is 11.5 Å². The minimum absolute atomic E-state index is 0.0528. The van der Waals surface area contributed by atoms with Crippen molar-refractivity contribution in [2.45, 2.75) is 6.23 Å². The first-order valence-corrected chi connectivity index (χ1v) is 4.85. The van der Waals surface area contributed by atoms with E-state index in [4.69, 9.17) is 21.1 Å². The molecule has 1 aromatic rings. The number of ether oxygens (including phenoxy) is 3. The molecular weight excluding hydrogens is 254 g/mol. The molecule has 2 rings (SSSR count). The Morgan fingerprint density at radius 1 is 1.47 bits per heavy atom. The van der Waals surface area contributed by atoms with Gasteiger partial charge < -0.3 is 14.2 Å². The van der Waals surface area contributed by atoms with Gasteiger partial charge in [-0.25, -0.2) is 4.79 Å². The van der Waals surface area contributed by atoms with E-state index < -0.39 is 16.6 Å². The summed E-state index contributed by atoms with van der Waals surface area (Å²) in [6.07, 6.45) is -1.66. The summed E-state index contributed by atoms with van der Waals surface area (Å²) in [4.78, 5) is 20.5. The molecule has 0 radical (unpaired) electrons. The fraction of sp³-hybridized carbons (Fsp3) is 0.222. The largest absolute Gasteiger partial charge is 0.454 e. The van der Waals surface area contributed by atoms with E-state index in [1.54, 1.807) is 0 Å². The first-order chi connectivity index (χ1) is 8.08. The molecule has 90 valence electrons. The van der Waals surface area contributed by atoms with Crippen molar-refractivity contribution >= 4 is 17.0 Å². The van der Waals surface area contributed by atoms with Crippen molar-refractivity contribution in [1.29, 1.82) is 0 Å². The number of halogens is 1. The van der Waals surface area contributed by atoms with Crippen LogP contribution >= 0.6 is 11.6 Å². The van der Waals surface area contributed by atoms with E-state index in [9.17, 15) is 14.9 Å². The molecule has 17 heavy (non-hydrogen) atoms. The molecule has 7 nitrogen and oxygen atoms in total. The van der Waals surface area contributed by atoms with Gasteiger partial charge in [0.25, 0.3) is 0 Å². The van der Waals surface area contributed by atoms with Crippen LogP contribution in [0.25, 0.3) is 0 Å². The summed E-state index contributed by atoms with van der Waals surface area (Å²) in [5.41, 5.74) is -1.10. The summed E-state index contributed by atoms with van der Waals surface area (Å²) in [5, 5.41) is 10.7. The summed E-state index contributed by atoms with van der Waals surface area (Å²) in [6.45, 7) is 0.0528. The van der Waals surface area contributed by atoms with Gasteiger partial charge in [-0.1, -0.05) is 0 Å². The van der Waals surface area contributed by atoms with Gasteiger partial charge in [-0.2, -0.15) is 0 Å². The zero-order valence-electron chi connectivity index (χ0n) is 8.29. The molecule has 0 bridgehead atoms. The maximum absolute atomic E-state index is 10.7. The van der Waals surface area contributed by atoms with Gasteiger partial charge in [-0.05, 0) is 18.2 Å². The maximum atomic E-state index is 10.7. The van der Waals surface area contributed by atoms with Crippen LogP contribution < -0.4 is 9.47 Å². The SMILES string of the molecule is O=C(Cl)OC(c1ccc2c(c1)OCO2)[N+](=O)[O-]. The zero-order valence-corrected chi connectivity index (χ0v) is 9.05. The van der Waals surface area contributed by atoms with E-state index in [2.05, 4.69) is 4.74 Å². The molecule has 1 atom stereocenters. The Labute approximate surface area is 100.0 Å². The molecule has 0 amide bonds. The number of carbonyl (C=O) groups excluding carboxylic acids is 1. The average molecular weight is 260 g/mol.